The third-order valence-corrected chi connectivity index (χ3v) is 8.04. The van der Waals surface area contributed by atoms with Crippen LogP contribution in [0, 0.1) is 0 Å². The largest absolute Gasteiger partial charge is 0.503 e. The molecule has 2 aliphatic carbocycles. The highest BCUT2D eigenvalue weighted by Gasteiger charge is 2.42. The molecule has 0 amide bonds. The van der Waals surface area contributed by atoms with Crippen molar-refractivity contribution in [2.45, 2.75) is 69.8 Å². The summed E-state index contributed by atoms with van der Waals surface area (Å²) in [5, 5.41) is 13.8. The normalized spacial score (nSPS) is 22.4. The third-order valence-electron chi connectivity index (χ3n) is 7.75. The highest BCUT2D eigenvalue weighted by atomic mass is 35.5. The molecular formula is C30H32ClNO5. The fraction of sp³-hybridized carbons (Fsp3) is 0.400. The molecule has 1 heterocycles. The Morgan fingerprint density at radius 2 is 1.78 bits per heavy atom. The zero-order chi connectivity index (χ0) is 26.1. The number of phenols is 1. The number of phenolic OH excluding ortho intramolecular Hbond substituents is 1. The smallest absolute Gasteiger partial charge is 0.337 e. The Labute approximate surface area is 222 Å². The maximum atomic E-state index is 13.8. The first-order valence-corrected chi connectivity index (χ1v) is 13.3. The van der Waals surface area contributed by atoms with Crippen LogP contribution in [0.25, 0.3) is 0 Å². The summed E-state index contributed by atoms with van der Waals surface area (Å²) in [4.78, 5) is 27.4. The number of allylic oxidation sites excluding steroid dienone is 3. The van der Waals surface area contributed by atoms with Crippen LogP contribution in [-0.4, -0.2) is 30.1 Å². The summed E-state index contributed by atoms with van der Waals surface area (Å²) in [6.07, 6.45) is 5.79. The maximum Gasteiger partial charge on any atom is 0.337 e. The fourth-order valence-corrected chi connectivity index (χ4v) is 6.14. The van der Waals surface area contributed by atoms with Crippen LogP contribution in [0.5, 0.6) is 11.5 Å². The van der Waals surface area contributed by atoms with E-state index in [1.807, 2.05) is 37.3 Å². The van der Waals surface area contributed by atoms with Gasteiger partial charge in [-0.2, -0.15) is 0 Å². The zero-order valence-corrected chi connectivity index (χ0v) is 21.9. The third kappa shape index (κ3) is 4.99. The number of esters is 1. The molecule has 2 aromatic rings. The molecule has 0 radical (unpaired) electrons. The first kappa shape index (κ1) is 25.4. The van der Waals surface area contributed by atoms with Gasteiger partial charge in [0.05, 0.1) is 17.7 Å². The molecule has 3 aliphatic rings. The Kier molecular flexibility index (Phi) is 7.29. The molecule has 6 nitrogen and oxygen atoms in total. The van der Waals surface area contributed by atoms with Crippen LogP contribution in [-0.2, 0) is 14.3 Å². The van der Waals surface area contributed by atoms with Gasteiger partial charge in [0.1, 0.15) is 6.10 Å². The van der Waals surface area contributed by atoms with Crippen LogP contribution in [0.1, 0.15) is 74.8 Å². The number of nitrogens with one attached hydrogen (secondary N) is 1. The summed E-state index contributed by atoms with van der Waals surface area (Å²) in [6, 6.07) is 13.3. The van der Waals surface area contributed by atoms with Crippen molar-refractivity contribution in [2.75, 3.05) is 7.11 Å². The number of methoxy groups -OCH3 is 1. The van der Waals surface area contributed by atoms with Gasteiger partial charge >= 0.3 is 5.97 Å². The van der Waals surface area contributed by atoms with Crippen LogP contribution in [0.2, 0.25) is 5.02 Å². The molecule has 0 spiro atoms. The molecular weight excluding hydrogens is 490 g/mol. The summed E-state index contributed by atoms with van der Waals surface area (Å²) in [5.74, 6) is -1.07. The van der Waals surface area contributed by atoms with Crippen molar-refractivity contribution in [3.05, 3.63) is 81.2 Å². The van der Waals surface area contributed by atoms with Crippen LogP contribution in [0.15, 0.2) is 65.0 Å². The molecule has 5 rings (SSSR count). The van der Waals surface area contributed by atoms with Gasteiger partial charge < -0.3 is 19.9 Å². The van der Waals surface area contributed by atoms with Gasteiger partial charge in [0.25, 0.3) is 0 Å². The summed E-state index contributed by atoms with van der Waals surface area (Å²) in [5.41, 5.74) is 4.14. The predicted octanol–water partition coefficient (Wildman–Crippen LogP) is 6.29. The van der Waals surface area contributed by atoms with Crippen LogP contribution in [0.4, 0.5) is 0 Å². The van der Waals surface area contributed by atoms with Gasteiger partial charge in [0.15, 0.2) is 17.3 Å². The Morgan fingerprint density at radius 1 is 1.05 bits per heavy atom. The molecule has 1 fully saturated rings. The van der Waals surface area contributed by atoms with Gasteiger partial charge in [0.2, 0.25) is 0 Å². The van der Waals surface area contributed by atoms with Crippen molar-refractivity contribution >= 4 is 23.4 Å². The van der Waals surface area contributed by atoms with Gasteiger partial charge in [-0.1, -0.05) is 48.4 Å². The summed E-state index contributed by atoms with van der Waals surface area (Å²) >= 11 is 6.37. The van der Waals surface area contributed by atoms with Crippen molar-refractivity contribution in [1.82, 2.24) is 5.32 Å². The standard InChI is InChI=1S/C30H32ClNO5/c1-17-26(30(35)37-21-11-7-4-8-12-21)27(20-13-22(31)29(34)25(16-20)36-2)28-23(32-17)14-19(15-24(28)33)18-9-5-3-6-10-18/h3,5-6,9-10,13,16,19,21,27,32,34H,4,7-8,11-12,14-15H2,1-2H3/t19-,27+/m0/s1. The second kappa shape index (κ2) is 10.6. The Bertz CT molecular complexity index is 1280. The quantitative estimate of drug-likeness (QED) is 0.450. The maximum absolute atomic E-state index is 13.8. The van der Waals surface area contributed by atoms with Crippen LogP contribution in [0.3, 0.4) is 0 Å². The number of carbonyl (C=O) groups excluding carboxylic acids is 2. The van der Waals surface area contributed by atoms with E-state index in [1.165, 1.54) is 7.11 Å². The minimum Gasteiger partial charge on any atom is -0.503 e. The number of benzene rings is 2. The number of dihydropyridines is 1. The van der Waals surface area contributed by atoms with Crippen molar-refractivity contribution in [2.24, 2.45) is 0 Å². The molecule has 7 heteroatoms. The fourth-order valence-electron chi connectivity index (χ4n) is 5.92. The van der Waals surface area contributed by atoms with E-state index in [4.69, 9.17) is 21.1 Å². The molecule has 2 atom stereocenters. The number of Topliss-reactive ketones (excluding diaryl/α,β-unsaturated/α-hetero) is 1. The first-order valence-electron chi connectivity index (χ1n) is 12.9. The van der Waals surface area contributed by atoms with E-state index in [0.717, 1.165) is 43.4 Å². The number of halogens is 1. The summed E-state index contributed by atoms with van der Waals surface area (Å²) in [7, 11) is 1.44. The lowest BCUT2D eigenvalue weighted by molar-refractivity contribution is -0.146. The Morgan fingerprint density at radius 3 is 2.49 bits per heavy atom. The summed E-state index contributed by atoms with van der Waals surface area (Å²) < 4.78 is 11.3. The second-order valence-electron chi connectivity index (χ2n) is 10.1. The van der Waals surface area contributed by atoms with E-state index >= 15 is 0 Å². The lowest BCUT2D eigenvalue weighted by Gasteiger charge is -2.37. The lowest BCUT2D eigenvalue weighted by atomic mass is 9.71. The number of rotatable bonds is 5. The molecule has 0 aromatic heterocycles. The molecule has 0 saturated heterocycles. The van der Waals surface area contributed by atoms with E-state index in [2.05, 4.69) is 5.32 Å². The monoisotopic (exact) mass is 521 g/mol. The highest BCUT2D eigenvalue weighted by molar-refractivity contribution is 6.32. The topological polar surface area (TPSA) is 84.9 Å². The predicted molar refractivity (Wildman–Crippen MR) is 142 cm³/mol. The number of hydrogen-bond acceptors (Lipinski definition) is 6. The Hall–Kier alpha value is -3.25. The van der Waals surface area contributed by atoms with Crippen molar-refractivity contribution in [1.29, 1.82) is 0 Å². The van der Waals surface area contributed by atoms with E-state index < -0.39 is 11.9 Å². The molecule has 0 bridgehead atoms. The van der Waals surface area contributed by atoms with Crippen molar-refractivity contribution in [3.63, 3.8) is 0 Å². The summed E-state index contributed by atoms with van der Waals surface area (Å²) in [6.45, 7) is 1.85. The van der Waals surface area contributed by atoms with Gasteiger partial charge in [-0.05, 0) is 68.2 Å². The highest BCUT2D eigenvalue weighted by Crippen LogP contribution is 2.48. The zero-order valence-electron chi connectivity index (χ0n) is 21.2. The van der Waals surface area contributed by atoms with Crippen molar-refractivity contribution < 1.29 is 24.2 Å². The number of ether oxygens (including phenoxy) is 2. The minimum absolute atomic E-state index is 0.0220. The van der Waals surface area contributed by atoms with E-state index in [9.17, 15) is 14.7 Å². The van der Waals surface area contributed by atoms with Crippen molar-refractivity contribution in [3.8, 4) is 11.5 Å². The molecule has 1 aliphatic heterocycles. The molecule has 1 saturated carbocycles. The second-order valence-corrected chi connectivity index (χ2v) is 10.6. The molecule has 2 N–H and O–H groups in total. The first-order chi connectivity index (χ1) is 17.9. The molecule has 0 unspecified atom stereocenters. The molecule has 194 valence electrons. The van der Waals surface area contributed by atoms with Gasteiger partial charge in [-0.3, -0.25) is 4.79 Å². The number of carbonyl (C=O) groups is 2. The minimum atomic E-state index is -0.677. The van der Waals surface area contributed by atoms with Crippen LogP contribution >= 0.6 is 11.6 Å². The molecule has 2 aromatic carbocycles. The van der Waals surface area contributed by atoms with E-state index in [1.54, 1.807) is 12.1 Å². The van der Waals surface area contributed by atoms with E-state index in [-0.39, 0.29) is 34.3 Å². The number of aromatic hydroxyl groups is 1. The number of hydrogen-bond donors (Lipinski definition) is 2. The average molecular weight is 522 g/mol. The average Bonchev–Trinajstić information content (AvgIpc) is 2.90. The Balaban J connectivity index is 1.58. The van der Waals surface area contributed by atoms with Gasteiger partial charge in [0, 0.05) is 29.3 Å². The van der Waals surface area contributed by atoms with E-state index in [0.29, 0.717) is 35.2 Å². The number of ketones is 1. The SMILES string of the molecule is COc1cc([C@@H]2C(C(=O)OC3CCCCC3)=C(C)NC3=C2C(=O)C[C@@H](c2ccccc2)C3)cc(Cl)c1O. The lowest BCUT2D eigenvalue weighted by Crippen LogP contribution is -2.37. The van der Waals surface area contributed by atoms with Crippen LogP contribution < -0.4 is 10.1 Å². The van der Waals surface area contributed by atoms with Gasteiger partial charge in [-0.25, -0.2) is 4.79 Å². The molecule has 37 heavy (non-hydrogen) atoms. The van der Waals surface area contributed by atoms with Gasteiger partial charge in [-0.15, -0.1) is 0 Å².